The van der Waals surface area contributed by atoms with Gasteiger partial charge in [0.2, 0.25) is 5.91 Å². The third kappa shape index (κ3) is 10.00. The van der Waals surface area contributed by atoms with Crippen molar-refractivity contribution in [1.29, 1.82) is 0 Å². The first-order valence-corrected chi connectivity index (χ1v) is 11.1. The molecule has 1 aliphatic rings. The van der Waals surface area contributed by atoms with Crippen molar-refractivity contribution in [2.75, 3.05) is 45.7 Å². The molecule has 1 aromatic rings. The smallest absolute Gasteiger partial charge is 0.412 e. The Balaban J connectivity index is 1.83. The maximum absolute atomic E-state index is 11.9. The van der Waals surface area contributed by atoms with Gasteiger partial charge in [-0.1, -0.05) is 12.1 Å². The molecule has 9 heteroatoms. The minimum Gasteiger partial charge on any atom is -0.444 e. The van der Waals surface area contributed by atoms with Crippen LogP contribution in [0.4, 0.5) is 10.5 Å². The molecule has 1 heterocycles. The van der Waals surface area contributed by atoms with Crippen LogP contribution in [0, 0.1) is 0 Å². The molecule has 0 aliphatic carbocycles. The van der Waals surface area contributed by atoms with Crippen LogP contribution in [0.25, 0.3) is 0 Å². The lowest BCUT2D eigenvalue weighted by Crippen LogP contribution is -2.42. The average Bonchev–Trinajstić information content (AvgIpc) is 3.22. The Bertz CT molecular complexity index is 766. The van der Waals surface area contributed by atoms with Gasteiger partial charge in [-0.2, -0.15) is 0 Å². The minimum absolute atomic E-state index is 0.0590. The van der Waals surface area contributed by atoms with E-state index in [9.17, 15) is 9.59 Å². The molecule has 0 aromatic heterocycles. The lowest BCUT2D eigenvalue weighted by atomic mass is 10.1. The Morgan fingerprint density at radius 2 is 1.91 bits per heavy atom. The van der Waals surface area contributed by atoms with Crippen LogP contribution in [-0.2, 0) is 20.7 Å². The van der Waals surface area contributed by atoms with Gasteiger partial charge in [0.1, 0.15) is 12.1 Å². The van der Waals surface area contributed by atoms with Crippen LogP contribution in [0.1, 0.15) is 39.2 Å². The van der Waals surface area contributed by atoms with E-state index in [1.54, 1.807) is 14.1 Å². The Morgan fingerprint density at radius 1 is 1.19 bits per heavy atom. The van der Waals surface area contributed by atoms with E-state index in [1.807, 2.05) is 45.0 Å². The summed E-state index contributed by atoms with van der Waals surface area (Å²) in [6.45, 7) is 7.66. The van der Waals surface area contributed by atoms with Crippen LogP contribution in [0.15, 0.2) is 29.3 Å². The lowest BCUT2D eigenvalue weighted by Gasteiger charge is -2.19. The number of hydrogen-bond acceptors (Lipinski definition) is 5. The summed E-state index contributed by atoms with van der Waals surface area (Å²) >= 11 is 0. The van der Waals surface area contributed by atoms with Crippen LogP contribution in [-0.4, -0.2) is 74.9 Å². The second-order valence-electron chi connectivity index (χ2n) is 8.97. The summed E-state index contributed by atoms with van der Waals surface area (Å²) < 4.78 is 10.9. The maximum Gasteiger partial charge on any atom is 0.412 e. The van der Waals surface area contributed by atoms with Gasteiger partial charge >= 0.3 is 6.09 Å². The molecule has 0 saturated carbocycles. The normalized spacial score (nSPS) is 16.4. The molecule has 1 atom stereocenters. The molecule has 2 rings (SSSR count). The molecular weight excluding hydrogens is 410 g/mol. The predicted molar refractivity (Wildman–Crippen MR) is 126 cm³/mol. The number of anilines is 1. The average molecular weight is 448 g/mol. The molecule has 0 spiro atoms. The van der Waals surface area contributed by atoms with E-state index >= 15 is 0 Å². The Kier molecular flexibility index (Phi) is 9.77. The summed E-state index contributed by atoms with van der Waals surface area (Å²) in [7, 11) is 3.43. The fourth-order valence-electron chi connectivity index (χ4n) is 2.98. The number of nitrogens with one attached hydrogen (secondary N) is 3. The maximum atomic E-state index is 11.9. The number of hydrogen-bond donors (Lipinski definition) is 3. The van der Waals surface area contributed by atoms with Crippen molar-refractivity contribution in [2.45, 2.75) is 51.7 Å². The van der Waals surface area contributed by atoms with Gasteiger partial charge in [0.25, 0.3) is 0 Å². The van der Waals surface area contributed by atoms with E-state index < -0.39 is 11.7 Å². The van der Waals surface area contributed by atoms with Crippen molar-refractivity contribution in [3.8, 4) is 0 Å². The third-order valence-electron chi connectivity index (χ3n) is 4.70. The number of amides is 2. The minimum atomic E-state index is -0.538. The van der Waals surface area contributed by atoms with Crippen molar-refractivity contribution < 1.29 is 19.1 Å². The van der Waals surface area contributed by atoms with E-state index in [0.717, 1.165) is 31.4 Å². The van der Waals surface area contributed by atoms with E-state index in [-0.39, 0.29) is 18.6 Å². The Hall–Kier alpha value is -2.81. The highest BCUT2D eigenvalue weighted by molar-refractivity contribution is 5.85. The summed E-state index contributed by atoms with van der Waals surface area (Å²) in [5.74, 6) is 0.537. The highest BCUT2D eigenvalue weighted by Crippen LogP contribution is 2.13. The summed E-state index contributed by atoms with van der Waals surface area (Å²) in [5, 5.41) is 9.28. The van der Waals surface area contributed by atoms with Crippen molar-refractivity contribution >= 4 is 23.6 Å². The van der Waals surface area contributed by atoms with Crippen LogP contribution in [0.2, 0.25) is 0 Å². The fraction of sp³-hybridized carbons (Fsp3) is 0.609. The van der Waals surface area contributed by atoms with Gasteiger partial charge in [0.05, 0.1) is 6.10 Å². The summed E-state index contributed by atoms with van der Waals surface area (Å²) in [6, 6.07) is 7.61. The summed E-state index contributed by atoms with van der Waals surface area (Å²) in [4.78, 5) is 29.7. The molecule has 1 unspecified atom stereocenters. The van der Waals surface area contributed by atoms with E-state index in [0.29, 0.717) is 24.7 Å². The van der Waals surface area contributed by atoms with Crippen molar-refractivity contribution in [3.05, 3.63) is 29.8 Å². The van der Waals surface area contributed by atoms with Gasteiger partial charge < -0.3 is 25.0 Å². The SMILES string of the molecule is CN(C)C(=O)CN=C(NCCc1ccc(NC(=O)OC(C)(C)C)cc1)NCC1CCCO1. The summed E-state index contributed by atoms with van der Waals surface area (Å²) in [5.41, 5.74) is 1.25. The first-order valence-electron chi connectivity index (χ1n) is 11.1. The number of carbonyl (C=O) groups is 2. The molecular formula is C23H37N5O4. The largest absolute Gasteiger partial charge is 0.444 e. The molecule has 1 aliphatic heterocycles. The van der Waals surface area contributed by atoms with Crippen LogP contribution in [0.3, 0.4) is 0 Å². The highest BCUT2D eigenvalue weighted by Gasteiger charge is 2.17. The number of aliphatic imine (C=N–C) groups is 1. The Labute approximate surface area is 190 Å². The summed E-state index contributed by atoms with van der Waals surface area (Å²) in [6.07, 6.45) is 2.56. The predicted octanol–water partition coefficient (Wildman–Crippen LogP) is 2.38. The Morgan fingerprint density at radius 3 is 2.50 bits per heavy atom. The third-order valence-corrected chi connectivity index (χ3v) is 4.70. The van der Waals surface area contributed by atoms with Crippen molar-refractivity contribution in [3.63, 3.8) is 0 Å². The van der Waals surface area contributed by atoms with Gasteiger partial charge in [-0.3, -0.25) is 10.1 Å². The molecule has 0 bridgehead atoms. The first kappa shape index (κ1) is 25.5. The fourth-order valence-corrected chi connectivity index (χ4v) is 2.98. The van der Waals surface area contributed by atoms with Gasteiger partial charge in [-0.05, 0) is 57.7 Å². The van der Waals surface area contributed by atoms with Gasteiger partial charge in [0.15, 0.2) is 5.96 Å². The number of rotatable bonds is 8. The second-order valence-corrected chi connectivity index (χ2v) is 8.97. The van der Waals surface area contributed by atoms with Crippen LogP contribution in [0.5, 0.6) is 0 Å². The molecule has 1 saturated heterocycles. The molecule has 2 amide bonds. The highest BCUT2D eigenvalue weighted by atomic mass is 16.6. The molecule has 32 heavy (non-hydrogen) atoms. The number of likely N-dealkylation sites (N-methyl/N-ethyl adjacent to an activating group) is 1. The van der Waals surface area contributed by atoms with Crippen molar-refractivity contribution in [2.24, 2.45) is 4.99 Å². The van der Waals surface area contributed by atoms with E-state index in [4.69, 9.17) is 9.47 Å². The molecule has 1 aromatic carbocycles. The van der Waals surface area contributed by atoms with E-state index in [1.165, 1.54) is 4.90 Å². The number of nitrogens with zero attached hydrogens (tertiary/aromatic N) is 2. The standard InChI is InChI=1S/C23H37N5O4/c1-23(2,3)32-22(30)27-18-10-8-17(9-11-18)12-13-24-21(26-16-20(29)28(4)5)25-15-19-7-6-14-31-19/h8-11,19H,6-7,12-16H2,1-5H3,(H,27,30)(H2,24,25,26). The molecule has 1 fully saturated rings. The number of ether oxygens (including phenoxy) is 2. The first-order chi connectivity index (χ1) is 15.1. The van der Waals surface area contributed by atoms with Gasteiger partial charge in [0, 0.05) is 39.5 Å². The zero-order valence-electron chi connectivity index (χ0n) is 19.9. The lowest BCUT2D eigenvalue weighted by molar-refractivity contribution is -0.127. The molecule has 3 N–H and O–H groups in total. The topological polar surface area (TPSA) is 104 Å². The van der Waals surface area contributed by atoms with Gasteiger partial charge in [-0.25, -0.2) is 9.79 Å². The number of carbonyl (C=O) groups excluding carboxylic acids is 2. The van der Waals surface area contributed by atoms with Crippen LogP contribution >= 0.6 is 0 Å². The molecule has 0 radical (unpaired) electrons. The van der Waals surface area contributed by atoms with Gasteiger partial charge in [-0.15, -0.1) is 0 Å². The van der Waals surface area contributed by atoms with Crippen LogP contribution < -0.4 is 16.0 Å². The zero-order chi connectivity index (χ0) is 23.6. The van der Waals surface area contributed by atoms with Crippen molar-refractivity contribution in [1.82, 2.24) is 15.5 Å². The molecule has 9 nitrogen and oxygen atoms in total. The number of guanidine groups is 1. The van der Waals surface area contributed by atoms with E-state index in [2.05, 4.69) is 20.9 Å². The zero-order valence-corrected chi connectivity index (χ0v) is 19.9. The second kappa shape index (κ2) is 12.3. The number of benzene rings is 1. The quantitative estimate of drug-likeness (QED) is 0.418. The molecule has 178 valence electrons. The monoisotopic (exact) mass is 447 g/mol.